The first-order valence-electron chi connectivity index (χ1n) is 14.2. The fraction of sp³-hybridized carbons (Fsp3) is 0.419. The smallest absolute Gasteiger partial charge is 0.324 e. The van der Waals surface area contributed by atoms with Crippen LogP contribution in [0.25, 0.3) is 11.1 Å². The van der Waals surface area contributed by atoms with Crippen molar-refractivity contribution in [1.29, 1.82) is 0 Å². The van der Waals surface area contributed by atoms with Crippen LogP contribution in [0.1, 0.15) is 73.1 Å². The fourth-order valence-corrected chi connectivity index (χ4v) is 5.79. The summed E-state index contributed by atoms with van der Waals surface area (Å²) in [6.07, 6.45) is 1.63. The monoisotopic (exact) mass is 605 g/mol. The molecule has 2 aromatic heterocycles. The third kappa shape index (κ3) is 6.69. The van der Waals surface area contributed by atoms with E-state index in [1.165, 1.54) is 16.2 Å². The molecule has 3 heterocycles. The van der Waals surface area contributed by atoms with E-state index < -0.39 is 17.5 Å². The molecule has 1 aliphatic rings. The second-order valence-corrected chi connectivity index (χ2v) is 13.1. The largest absolute Gasteiger partial charge is 0.351 e. The van der Waals surface area contributed by atoms with Crippen LogP contribution in [-0.4, -0.2) is 75.7 Å². The van der Waals surface area contributed by atoms with Gasteiger partial charge in [0.25, 0.3) is 11.8 Å². The molecule has 3 aromatic rings. The van der Waals surface area contributed by atoms with Crippen LogP contribution < -0.4 is 16.0 Å². The van der Waals surface area contributed by atoms with E-state index in [2.05, 4.69) is 25.9 Å². The van der Waals surface area contributed by atoms with Crippen molar-refractivity contribution in [3.8, 4) is 11.1 Å². The van der Waals surface area contributed by atoms with E-state index >= 15 is 0 Å². The first kappa shape index (κ1) is 31.6. The van der Waals surface area contributed by atoms with Gasteiger partial charge in [0.1, 0.15) is 21.2 Å². The molecular weight excluding hydrogens is 566 g/mol. The predicted molar refractivity (Wildman–Crippen MR) is 169 cm³/mol. The van der Waals surface area contributed by atoms with Gasteiger partial charge in [0.15, 0.2) is 5.69 Å². The number of aryl methyl sites for hydroxylation is 1. The van der Waals surface area contributed by atoms with Crippen molar-refractivity contribution < 1.29 is 19.2 Å². The van der Waals surface area contributed by atoms with Crippen molar-refractivity contribution in [1.82, 2.24) is 25.1 Å². The summed E-state index contributed by atoms with van der Waals surface area (Å²) in [5.41, 5.74) is 2.15. The number of anilines is 2. The molecule has 0 saturated carbocycles. The Bertz CT molecular complexity index is 1560. The Morgan fingerprint density at radius 1 is 1.07 bits per heavy atom. The van der Waals surface area contributed by atoms with Crippen molar-refractivity contribution in [3.05, 3.63) is 58.5 Å². The normalized spacial score (nSPS) is 14.8. The number of carbonyl (C=O) groups is 4. The van der Waals surface area contributed by atoms with Gasteiger partial charge in [-0.25, -0.2) is 9.78 Å². The number of nitrogens with one attached hydrogen (secondary N) is 3. The van der Waals surface area contributed by atoms with Crippen LogP contribution in [0.15, 0.2) is 36.5 Å². The van der Waals surface area contributed by atoms with E-state index in [4.69, 9.17) is 0 Å². The van der Waals surface area contributed by atoms with Crippen LogP contribution in [0.4, 0.5) is 15.5 Å². The Balaban J connectivity index is 1.57. The number of amides is 5. The summed E-state index contributed by atoms with van der Waals surface area (Å²) in [6.45, 7) is 14.5. The average molecular weight is 606 g/mol. The number of hydrogen-bond donors (Lipinski definition) is 3. The van der Waals surface area contributed by atoms with Gasteiger partial charge >= 0.3 is 6.03 Å². The van der Waals surface area contributed by atoms with Crippen molar-refractivity contribution in [2.24, 2.45) is 0 Å². The van der Waals surface area contributed by atoms with Crippen LogP contribution >= 0.6 is 11.3 Å². The number of nitrogens with zero attached hydrogens (tertiary/aromatic N) is 4. The number of rotatable bonds is 6. The minimum atomic E-state index is -1.06. The Kier molecular flexibility index (Phi) is 8.91. The van der Waals surface area contributed by atoms with Crippen LogP contribution in [0, 0.1) is 6.92 Å². The topological polar surface area (TPSA) is 137 Å². The quantitative estimate of drug-likeness (QED) is 0.366. The molecule has 0 bridgehead atoms. The zero-order valence-electron chi connectivity index (χ0n) is 25.9. The number of likely N-dealkylation sites (N-methyl/N-ethyl adjacent to an activating group) is 1. The molecule has 228 valence electrons. The summed E-state index contributed by atoms with van der Waals surface area (Å²) in [5, 5.41) is 9.41. The molecular formula is C31H39N7O4S. The van der Waals surface area contributed by atoms with Crippen LogP contribution in [0.2, 0.25) is 0 Å². The second kappa shape index (κ2) is 12.1. The van der Waals surface area contributed by atoms with Crippen molar-refractivity contribution in [3.63, 3.8) is 0 Å². The Morgan fingerprint density at radius 3 is 2.42 bits per heavy atom. The molecule has 43 heavy (non-hydrogen) atoms. The highest BCUT2D eigenvalue weighted by molar-refractivity contribution is 7.16. The molecule has 12 heteroatoms. The number of aromatic nitrogens is 2. The first-order chi connectivity index (χ1) is 20.1. The Morgan fingerprint density at radius 2 is 1.79 bits per heavy atom. The molecule has 0 radical (unpaired) electrons. The van der Waals surface area contributed by atoms with E-state index in [-0.39, 0.29) is 22.9 Å². The number of pyridine rings is 1. The lowest BCUT2D eigenvalue weighted by Crippen LogP contribution is -2.63. The Labute approximate surface area is 256 Å². The SMILES string of the molecule is CCNC(=O)c1ccc(-c2cc(NC(=O)Nc3sc(C(C)(C)C)nc3C(=O)N3CCN(C)C(=O)C3(C)C)ccc2C)cn1. The van der Waals surface area contributed by atoms with Crippen LogP contribution in [-0.2, 0) is 10.2 Å². The maximum atomic E-state index is 13.8. The van der Waals surface area contributed by atoms with E-state index in [1.807, 2.05) is 52.8 Å². The lowest BCUT2D eigenvalue weighted by molar-refractivity contribution is -0.144. The maximum absolute atomic E-state index is 13.8. The van der Waals surface area contributed by atoms with Crippen molar-refractivity contribution in [2.75, 3.05) is 37.3 Å². The number of piperazine rings is 1. The predicted octanol–water partition coefficient (Wildman–Crippen LogP) is 4.90. The zero-order valence-corrected chi connectivity index (χ0v) is 26.7. The van der Waals surface area contributed by atoms with Gasteiger partial charge < -0.3 is 20.4 Å². The first-order valence-corrected chi connectivity index (χ1v) is 15.0. The third-order valence-corrected chi connectivity index (χ3v) is 8.68. The summed E-state index contributed by atoms with van der Waals surface area (Å²) in [4.78, 5) is 64.1. The van der Waals surface area contributed by atoms with Crippen LogP contribution in [0.5, 0.6) is 0 Å². The molecule has 1 saturated heterocycles. The number of urea groups is 1. The second-order valence-electron chi connectivity index (χ2n) is 12.1. The number of thiazole rings is 1. The van der Waals surface area contributed by atoms with Gasteiger partial charge in [-0.1, -0.05) is 44.2 Å². The maximum Gasteiger partial charge on any atom is 0.324 e. The van der Waals surface area contributed by atoms with Crippen molar-refractivity contribution in [2.45, 2.75) is 59.4 Å². The highest BCUT2D eigenvalue weighted by Crippen LogP contribution is 2.35. The minimum Gasteiger partial charge on any atom is -0.351 e. The summed E-state index contributed by atoms with van der Waals surface area (Å²) >= 11 is 1.24. The number of hydrogen-bond acceptors (Lipinski definition) is 7. The molecule has 1 aliphatic heterocycles. The summed E-state index contributed by atoms with van der Waals surface area (Å²) in [6, 6.07) is 8.44. The van der Waals surface area contributed by atoms with E-state index in [0.29, 0.717) is 41.0 Å². The average Bonchev–Trinajstić information content (AvgIpc) is 3.37. The highest BCUT2D eigenvalue weighted by atomic mass is 32.1. The molecule has 0 atom stereocenters. The van der Waals surface area contributed by atoms with Gasteiger partial charge in [0.05, 0.1) is 0 Å². The van der Waals surface area contributed by atoms with E-state index in [9.17, 15) is 19.2 Å². The molecule has 11 nitrogen and oxygen atoms in total. The molecule has 1 fully saturated rings. The van der Waals surface area contributed by atoms with Gasteiger partial charge in [-0.3, -0.25) is 24.7 Å². The number of carbonyl (C=O) groups excluding carboxylic acids is 4. The fourth-order valence-electron chi connectivity index (χ4n) is 4.78. The van der Waals surface area contributed by atoms with E-state index in [0.717, 1.165) is 16.7 Å². The number of benzene rings is 1. The molecule has 4 rings (SSSR count). The third-order valence-electron chi connectivity index (χ3n) is 7.29. The summed E-state index contributed by atoms with van der Waals surface area (Å²) in [7, 11) is 1.72. The molecule has 0 unspecified atom stereocenters. The molecule has 0 spiro atoms. The molecule has 0 aliphatic carbocycles. The highest BCUT2D eigenvalue weighted by Gasteiger charge is 2.44. The van der Waals surface area contributed by atoms with Gasteiger partial charge in [-0.2, -0.15) is 0 Å². The van der Waals surface area contributed by atoms with Crippen molar-refractivity contribution >= 4 is 45.8 Å². The minimum absolute atomic E-state index is 0.110. The van der Waals surface area contributed by atoms with Gasteiger partial charge in [0, 0.05) is 49.5 Å². The van der Waals surface area contributed by atoms with E-state index in [1.54, 1.807) is 44.1 Å². The Hall–Kier alpha value is -4.32. The van der Waals surface area contributed by atoms with Gasteiger partial charge in [0.2, 0.25) is 5.91 Å². The molecule has 1 aromatic carbocycles. The lowest BCUT2D eigenvalue weighted by Gasteiger charge is -2.44. The zero-order chi connectivity index (χ0) is 31.7. The molecule has 3 N–H and O–H groups in total. The van der Waals surface area contributed by atoms with Gasteiger partial charge in [-0.05, 0) is 57.0 Å². The summed E-state index contributed by atoms with van der Waals surface area (Å²) in [5.74, 6) is -0.805. The van der Waals surface area contributed by atoms with Crippen LogP contribution in [0.3, 0.4) is 0 Å². The van der Waals surface area contributed by atoms with Gasteiger partial charge in [-0.15, -0.1) is 0 Å². The molecule has 5 amide bonds. The summed E-state index contributed by atoms with van der Waals surface area (Å²) < 4.78 is 0. The standard InChI is InChI=1S/C31H39N7O4S/c1-9-32-24(39)22-13-11-19(17-33-22)21-16-20(12-10-18(21)2)34-29(42)36-25-23(35-27(43-25)30(3,4)5)26(40)38-15-14-37(8)28(41)31(38,6)7/h10-13,16-17H,9,14-15H2,1-8H3,(H,32,39)(H2,34,36,42). The lowest BCUT2D eigenvalue weighted by atomic mass is 9.97.